The van der Waals surface area contributed by atoms with Crippen LogP contribution in [0.5, 0.6) is 0 Å². The predicted molar refractivity (Wildman–Crippen MR) is 89.7 cm³/mol. The molecule has 0 aliphatic rings. The highest BCUT2D eigenvalue weighted by molar-refractivity contribution is 9.10. The number of tetrazole rings is 1. The SMILES string of the molecule is CCCCn1nnnc1CSc1nnc(-c2cccc(Br)c2)o1. The van der Waals surface area contributed by atoms with E-state index in [-0.39, 0.29) is 0 Å². The number of thioether (sulfide) groups is 1. The Morgan fingerprint density at radius 2 is 2.17 bits per heavy atom. The van der Waals surface area contributed by atoms with Crippen molar-refractivity contribution >= 4 is 27.7 Å². The average molecular weight is 395 g/mol. The van der Waals surface area contributed by atoms with Gasteiger partial charge in [-0.3, -0.25) is 0 Å². The third-order valence-corrected chi connectivity index (χ3v) is 4.44. The van der Waals surface area contributed by atoms with Gasteiger partial charge >= 0.3 is 0 Å². The first-order chi connectivity index (χ1) is 11.3. The van der Waals surface area contributed by atoms with Gasteiger partial charge in [-0.25, -0.2) is 4.68 Å². The molecule has 3 aromatic rings. The molecule has 23 heavy (non-hydrogen) atoms. The lowest BCUT2D eigenvalue weighted by atomic mass is 10.2. The van der Waals surface area contributed by atoms with E-state index in [1.165, 1.54) is 11.8 Å². The average Bonchev–Trinajstić information content (AvgIpc) is 3.20. The minimum atomic E-state index is 0.499. The predicted octanol–water partition coefficient (Wildman–Crippen LogP) is 3.58. The molecule has 0 aliphatic carbocycles. The summed E-state index contributed by atoms with van der Waals surface area (Å²) in [7, 11) is 0. The van der Waals surface area contributed by atoms with Crippen molar-refractivity contribution < 1.29 is 4.42 Å². The van der Waals surface area contributed by atoms with Crippen LogP contribution in [0.15, 0.2) is 38.4 Å². The fourth-order valence-corrected chi connectivity index (χ4v) is 3.04. The fraction of sp³-hybridized carbons (Fsp3) is 0.357. The molecule has 0 aliphatic heterocycles. The Labute approximate surface area is 146 Å². The molecule has 0 fully saturated rings. The van der Waals surface area contributed by atoms with E-state index in [1.807, 2.05) is 28.9 Å². The van der Waals surface area contributed by atoms with Crippen molar-refractivity contribution in [3.63, 3.8) is 0 Å². The van der Waals surface area contributed by atoms with E-state index in [4.69, 9.17) is 4.42 Å². The molecule has 0 N–H and O–H groups in total. The van der Waals surface area contributed by atoms with Crippen molar-refractivity contribution in [3.05, 3.63) is 34.6 Å². The van der Waals surface area contributed by atoms with E-state index in [0.717, 1.165) is 35.2 Å². The largest absolute Gasteiger partial charge is 0.411 e. The third-order valence-electron chi connectivity index (χ3n) is 3.13. The molecule has 1 aromatic carbocycles. The molecule has 2 aromatic heterocycles. The molecular weight excluding hydrogens is 380 g/mol. The number of rotatable bonds is 7. The summed E-state index contributed by atoms with van der Waals surface area (Å²) >= 11 is 4.86. The molecule has 0 saturated heterocycles. The maximum Gasteiger partial charge on any atom is 0.277 e. The second kappa shape index (κ2) is 7.69. The molecule has 0 radical (unpaired) electrons. The Bertz CT molecular complexity index is 774. The molecule has 0 saturated carbocycles. The maximum atomic E-state index is 5.69. The Kier molecular flexibility index (Phi) is 5.39. The molecule has 0 atom stereocenters. The number of aromatic nitrogens is 6. The number of halogens is 1. The topological polar surface area (TPSA) is 82.5 Å². The van der Waals surface area contributed by atoms with Crippen LogP contribution in [0.4, 0.5) is 0 Å². The summed E-state index contributed by atoms with van der Waals surface area (Å²) in [6, 6.07) is 7.75. The first-order valence-electron chi connectivity index (χ1n) is 7.23. The van der Waals surface area contributed by atoms with Crippen LogP contribution in [0.2, 0.25) is 0 Å². The molecule has 9 heteroatoms. The van der Waals surface area contributed by atoms with Crippen molar-refractivity contribution in [2.75, 3.05) is 0 Å². The fourth-order valence-electron chi connectivity index (χ4n) is 1.94. The number of aryl methyl sites for hydroxylation is 1. The molecule has 0 spiro atoms. The minimum Gasteiger partial charge on any atom is -0.411 e. The van der Waals surface area contributed by atoms with Gasteiger partial charge in [0.05, 0.1) is 5.75 Å². The lowest BCUT2D eigenvalue weighted by Gasteiger charge is -2.01. The van der Waals surface area contributed by atoms with Gasteiger partial charge in [0.2, 0.25) is 5.89 Å². The van der Waals surface area contributed by atoms with E-state index in [9.17, 15) is 0 Å². The van der Waals surface area contributed by atoms with E-state index < -0.39 is 0 Å². The first-order valence-corrected chi connectivity index (χ1v) is 9.01. The van der Waals surface area contributed by atoms with Crippen LogP contribution in [-0.4, -0.2) is 30.4 Å². The summed E-state index contributed by atoms with van der Waals surface area (Å²) < 4.78 is 8.48. The van der Waals surface area contributed by atoms with Gasteiger partial charge in [0.15, 0.2) is 5.82 Å². The molecular formula is C14H15BrN6OS. The van der Waals surface area contributed by atoms with E-state index in [0.29, 0.717) is 16.9 Å². The van der Waals surface area contributed by atoms with Gasteiger partial charge in [-0.15, -0.1) is 15.3 Å². The zero-order valence-electron chi connectivity index (χ0n) is 12.5. The van der Waals surface area contributed by atoms with Crippen LogP contribution < -0.4 is 0 Å². The van der Waals surface area contributed by atoms with Gasteiger partial charge in [0, 0.05) is 16.6 Å². The van der Waals surface area contributed by atoms with Crippen molar-refractivity contribution in [2.24, 2.45) is 0 Å². The second-order valence-corrected chi connectivity index (χ2v) is 6.69. The monoisotopic (exact) mass is 394 g/mol. The zero-order valence-corrected chi connectivity index (χ0v) is 14.9. The number of benzene rings is 1. The Hall–Kier alpha value is -1.74. The Balaban J connectivity index is 1.65. The Morgan fingerprint density at radius 1 is 1.26 bits per heavy atom. The minimum absolute atomic E-state index is 0.499. The first kappa shape index (κ1) is 16.1. The summed E-state index contributed by atoms with van der Waals surface area (Å²) in [4.78, 5) is 0. The van der Waals surface area contributed by atoms with Gasteiger partial charge in [-0.2, -0.15) is 0 Å². The molecule has 0 unspecified atom stereocenters. The molecule has 3 rings (SSSR count). The standard InChI is InChI=1S/C14H15BrN6OS/c1-2-3-7-21-12(16-19-20-21)9-23-14-18-17-13(22-14)10-5-4-6-11(15)8-10/h4-6,8H,2-3,7,9H2,1H3. The van der Waals surface area contributed by atoms with E-state index in [1.54, 1.807) is 0 Å². The van der Waals surface area contributed by atoms with Gasteiger partial charge in [0.1, 0.15) is 0 Å². The van der Waals surface area contributed by atoms with Crippen molar-refractivity contribution in [3.8, 4) is 11.5 Å². The number of nitrogens with zero attached hydrogens (tertiary/aromatic N) is 6. The number of hydrogen-bond acceptors (Lipinski definition) is 7. The highest BCUT2D eigenvalue weighted by Gasteiger charge is 2.12. The van der Waals surface area contributed by atoms with Crippen LogP contribution in [0.1, 0.15) is 25.6 Å². The Morgan fingerprint density at radius 3 is 3.00 bits per heavy atom. The lowest BCUT2D eigenvalue weighted by molar-refractivity contribution is 0.465. The van der Waals surface area contributed by atoms with Gasteiger partial charge in [0.25, 0.3) is 5.22 Å². The quantitative estimate of drug-likeness (QED) is 0.566. The van der Waals surface area contributed by atoms with Crippen molar-refractivity contribution in [2.45, 2.75) is 37.3 Å². The molecule has 120 valence electrons. The van der Waals surface area contributed by atoms with Crippen LogP contribution in [-0.2, 0) is 12.3 Å². The van der Waals surface area contributed by atoms with Gasteiger partial charge in [-0.1, -0.05) is 47.1 Å². The summed E-state index contributed by atoms with van der Waals surface area (Å²) in [5.74, 6) is 1.90. The highest BCUT2D eigenvalue weighted by Crippen LogP contribution is 2.26. The third kappa shape index (κ3) is 4.17. The van der Waals surface area contributed by atoms with Crippen LogP contribution in [0.25, 0.3) is 11.5 Å². The maximum absolute atomic E-state index is 5.69. The molecule has 2 heterocycles. The molecule has 0 amide bonds. The lowest BCUT2D eigenvalue weighted by Crippen LogP contribution is -2.04. The normalized spacial score (nSPS) is 11.0. The number of unbranched alkanes of at least 4 members (excludes halogenated alkanes) is 1. The highest BCUT2D eigenvalue weighted by atomic mass is 79.9. The van der Waals surface area contributed by atoms with Gasteiger partial charge < -0.3 is 4.42 Å². The summed E-state index contributed by atoms with van der Waals surface area (Å²) in [5, 5.41) is 20.4. The summed E-state index contributed by atoms with van der Waals surface area (Å²) in [5.41, 5.74) is 0.881. The van der Waals surface area contributed by atoms with Crippen molar-refractivity contribution in [1.29, 1.82) is 0 Å². The second-order valence-electron chi connectivity index (χ2n) is 4.84. The zero-order chi connectivity index (χ0) is 16.1. The smallest absolute Gasteiger partial charge is 0.277 e. The summed E-state index contributed by atoms with van der Waals surface area (Å²) in [6.45, 7) is 2.97. The van der Waals surface area contributed by atoms with E-state index >= 15 is 0 Å². The van der Waals surface area contributed by atoms with Crippen LogP contribution in [0.3, 0.4) is 0 Å². The van der Waals surface area contributed by atoms with E-state index in [2.05, 4.69) is 48.6 Å². The van der Waals surface area contributed by atoms with Gasteiger partial charge in [-0.05, 0) is 35.0 Å². The molecule has 0 bridgehead atoms. The molecule has 7 nitrogen and oxygen atoms in total. The summed E-state index contributed by atoms with van der Waals surface area (Å²) in [6.07, 6.45) is 2.16. The van der Waals surface area contributed by atoms with Crippen LogP contribution in [0, 0.1) is 0 Å². The van der Waals surface area contributed by atoms with Crippen LogP contribution >= 0.6 is 27.7 Å². The van der Waals surface area contributed by atoms with Crippen molar-refractivity contribution in [1.82, 2.24) is 30.4 Å². The number of hydrogen-bond donors (Lipinski definition) is 0.